The Hall–Kier alpha value is -3.47. The predicted octanol–water partition coefficient (Wildman–Crippen LogP) is 3.67. The Morgan fingerprint density at radius 2 is 1.64 bits per heavy atom. The number of nitrogens with zero attached hydrogens (tertiary/aromatic N) is 2. The summed E-state index contributed by atoms with van der Waals surface area (Å²) in [4.78, 5) is 31.3. The lowest BCUT2D eigenvalue weighted by atomic mass is 9.93. The number of aliphatic imine (C=N–C) groups is 1. The van der Waals surface area contributed by atoms with Crippen LogP contribution in [0.5, 0.6) is 0 Å². The molecular formula is C23H19N2O3-. The van der Waals surface area contributed by atoms with Crippen LogP contribution in [-0.4, -0.2) is 29.2 Å². The first-order valence-electron chi connectivity index (χ1n) is 9.35. The number of rotatable bonds is 5. The summed E-state index contributed by atoms with van der Waals surface area (Å²) in [7, 11) is 0. The molecule has 1 aliphatic rings. The maximum Gasteiger partial charge on any atom is 0.261 e. The molecule has 0 unspecified atom stereocenters. The standard InChI is InChI=1S/C23H20N2O3/c1-2-3-14-25-22(27)17-11-7-10-16-19(13-12-18(20(16)17)23(25)28)24-21(26)15-8-5-4-6-9-15/h4-13H,2-3,14H2,1H3,(H,24,26)/p-1. The summed E-state index contributed by atoms with van der Waals surface area (Å²) in [5, 5.41) is 13.7. The number of benzene rings is 3. The molecule has 0 fully saturated rings. The Balaban J connectivity index is 1.85. The fourth-order valence-electron chi connectivity index (χ4n) is 3.50. The van der Waals surface area contributed by atoms with Gasteiger partial charge in [-0.05, 0) is 36.1 Å². The number of unbranched alkanes of at least 4 members (excludes halogenated alkanes) is 1. The van der Waals surface area contributed by atoms with Gasteiger partial charge >= 0.3 is 0 Å². The molecule has 0 atom stereocenters. The van der Waals surface area contributed by atoms with Crippen LogP contribution in [0, 0.1) is 0 Å². The van der Waals surface area contributed by atoms with E-state index in [9.17, 15) is 14.7 Å². The second-order valence-electron chi connectivity index (χ2n) is 6.76. The smallest absolute Gasteiger partial charge is 0.261 e. The van der Waals surface area contributed by atoms with E-state index in [1.807, 2.05) is 13.0 Å². The number of amides is 2. The van der Waals surface area contributed by atoms with Gasteiger partial charge in [0.1, 0.15) is 0 Å². The summed E-state index contributed by atoms with van der Waals surface area (Å²) < 4.78 is 0. The van der Waals surface area contributed by atoms with E-state index in [0.29, 0.717) is 39.7 Å². The summed E-state index contributed by atoms with van der Waals surface area (Å²) in [5.74, 6) is -0.939. The van der Waals surface area contributed by atoms with E-state index in [4.69, 9.17) is 0 Å². The number of hydrogen-bond acceptors (Lipinski definition) is 4. The monoisotopic (exact) mass is 371 g/mol. The molecule has 4 rings (SSSR count). The van der Waals surface area contributed by atoms with Gasteiger partial charge in [-0.15, -0.1) is 0 Å². The minimum absolute atomic E-state index is 0.289. The molecule has 140 valence electrons. The molecule has 2 amide bonds. The SMILES string of the molecule is CCCCN1C(=O)c2cccc3c(N=C([O-])c4ccccc4)ccc(c23)C1=O. The highest BCUT2D eigenvalue weighted by Gasteiger charge is 2.32. The van der Waals surface area contributed by atoms with Crippen LogP contribution in [0.2, 0.25) is 0 Å². The number of carbonyl (C=O) groups is 2. The first kappa shape index (κ1) is 17.9. The average Bonchev–Trinajstić information content (AvgIpc) is 2.73. The molecule has 0 saturated carbocycles. The zero-order chi connectivity index (χ0) is 19.7. The molecule has 0 aromatic heterocycles. The average molecular weight is 371 g/mol. The van der Waals surface area contributed by atoms with E-state index in [2.05, 4.69) is 4.99 Å². The van der Waals surface area contributed by atoms with Crippen LogP contribution < -0.4 is 5.11 Å². The first-order chi connectivity index (χ1) is 13.6. The Labute approximate surface area is 162 Å². The van der Waals surface area contributed by atoms with E-state index in [-0.39, 0.29) is 17.7 Å². The molecule has 0 spiro atoms. The van der Waals surface area contributed by atoms with Crippen molar-refractivity contribution in [2.75, 3.05) is 6.54 Å². The Kier molecular flexibility index (Phi) is 4.65. The molecule has 0 N–H and O–H groups in total. The van der Waals surface area contributed by atoms with Gasteiger partial charge in [0.25, 0.3) is 11.8 Å². The van der Waals surface area contributed by atoms with Crippen molar-refractivity contribution < 1.29 is 14.7 Å². The summed E-state index contributed by atoms with van der Waals surface area (Å²) in [5.41, 5.74) is 1.90. The van der Waals surface area contributed by atoms with E-state index in [0.717, 1.165) is 12.8 Å². The summed E-state index contributed by atoms with van der Waals surface area (Å²) in [6, 6.07) is 17.4. The third-order valence-electron chi connectivity index (χ3n) is 4.95. The quantitative estimate of drug-likeness (QED) is 0.390. The van der Waals surface area contributed by atoms with E-state index < -0.39 is 0 Å². The number of hydrogen-bond donors (Lipinski definition) is 0. The second-order valence-corrected chi connectivity index (χ2v) is 6.76. The summed E-state index contributed by atoms with van der Waals surface area (Å²) in [6.07, 6.45) is 1.66. The third kappa shape index (κ3) is 2.95. The van der Waals surface area contributed by atoms with Gasteiger partial charge in [0.15, 0.2) is 0 Å². The summed E-state index contributed by atoms with van der Waals surface area (Å²) in [6.45, 7) is 2.42. The van der Waals surface area contributed by atoms with Crippen LogP contribution in [0.4, 0.5) is 5.69 Å². The lowest BCUT2D eigenvalue weighted by Crippen LogP contribution is -2.40. The fraction of sp³-hybridized carbons (Fsp3) is 0.174. The summed E-state index contributed by atoms with van der Waals surface area (Å²) >= 11 is 0. The highest BCUT2D eigenvalue weighted by atomic mass is 16.3. The number of imide groups is 1. The van der Waals surface area contributed by atoms with Gasteiger partial charge in [-0.3, -0.25) is 19.5 Å². The molecule has 0 radical (unpaired) electrons. The van der Waals surface area contributed by atoms with Gasteiger partial charge in [-0.2, -0.15) is 0 Å². The molecule has 1 heterocycles. The fourth-order valence-corrected chi connectivity index (χ4v) is 3.50. The molecule has 0 aliphatic carbocycles. The largest absolute Gasteiger partial charge is 0.858 e. The van der Waals surface area contributed by atoms with Gasteiger partial charge in [0, 0.05) is 28.4 Å². The van der Waals surface area contributed by atoms with Crippen LogP contribution in [-0.2, 0) is 0 Å². The molecule has 0 saturated heterocycles. The van der Waals surface area contributed by atoms with Crippen LogP contribution in [0.3, 0.4) is 0 Å². The molecule has 1 aliphatic heterocycles. The normalized spacial score (nSPS) is 14.0. The Bertz CT molecular complexity index is 1080. The Morgan fingerprint density at radius 3 is 2.36 bits per heavy atom. The zero-order valence-electron chi connectivity index (χ0n) is 15.5. The highest BCUT2D eigenvalue weighted by molar-refractivity contribution is 6.26. The highest BCUT2D eigenvalue weighted by Crippen LogP contribution is 2.35. The topological polar surface area (TPSA) is 72.8 Å². The molecular weight excluding hydrogens is 352 g/mol. The molecule has 5 heteroatoms. The Morgan fingerprint density at radius 1 is 0.929 bits per heavy atom. The maximum absolute atomic E-state index is 12.9. The van der Waals surface area contributed by atoms with Crippen molar-refractivity contribution in [3.8, 4) is 0 Å². The van der Waals surface area contributed by atoms with Crippen LogP contribution in [0.15, 0.2) is 65.7 Å². The van der Waals surface area contributed by atoms with Gasteiger partial charge in [0.05, 0.1) is 5.69 Å². The van der Waals surface area contributed by atoms with Crippen molar-refractivity contribution in [3.63, 3.8) is 0 Å². The molecule has 5 nitrogen and oxygen atoms in total. The van der Waals surface area contributed by atoms with Crippen LogP contribution >= 0.6 is 0 Å². The van der Waals surface area contributed by atoms with Crippen molar-refractivity contribution >= 4 is 34.2 Å². The van der Waals surface area contributed by atoms with E-state index in [1.54, 1.807) is 54.6 Å². The minimum atomic E-state index is -0.362. The van der Waals surface area contributed by atoms with Crippen LogP contribution in [0.25, 0.3) is 10.8 Å². The van der Waals surface area contributed by atoms with E-state index in [1.165, 1.54) is 4.90 Å². The van der Waals surface area contributed by atoms with Crippen molar-refractivity contribution in [2.24, 2.45) is 4.99 Å². The van der Waals surface area contributed by atoms with E-state index >= 15 is 0 Å². The van der Waals surface area contributed by atoms with Crippen LogP contribution in [0.1, 0.15) is 46.0 Å². The lowest BCUT2D eigenvalue weighted by Gasteiger charge is -2.27. The van der Waals surface area contributed by atoms with Crippen molar-refractivity contribution in [2.45, 2.75) is 19.8 Å². The minimum Gasteiger partial charge on any atom is -0.858 e. The van der Waals surface area contributed by atoms with Gasteiger partial charge < -0.3 is 5.11 Å². The molecule has 3 aromatic carbocycles. The van der Waals surface area contributed by atoms with Gasteiger partial charge in [0.2, 0.25) is 0 Å². The van der Waals surface area contributed by atoms with Gasteiger partial charge in [-0.25, -0.2) is 0 Å². The first-order valence-corrected chi connectivity index (χ1v) is 9.35. The predicted molar refractivity (Wildman–Crippen MR) is 107 cm³/mol. The molecule has 3 aromatic rings. The molecule has 28 heavy (non-hydrogen) atoms. The lowest BCUT2D eigenvalue weighted by molar-refractivity contribution is -0.212. The second kappa shape index (κ2) is 7.27. The molecule has 0 bridgehead atoms. The van der Waals surface area contributed by atoms with Crippen molar-refractivity contribution in [1.82, 2.24) is 4.90 Å². The maximum atomic E-state index is 12.9. The van der Waals surface area contributed by atoms with Crippen molar-refractivity contribution in [1.29, 1.82) is 0 Å². The third-order valence-corrected chi connectivity index (χ3v) is 4.95. The number of carbonyl (C=O) groups excluding carboxylic acids is 2. The van der Waals surface area contributed by atoms with Crippen molar-refractivity contribution in [3.05, 3.63) is 77.4 Å². The van der Waals surface area contributed by atoms with Gasteiger partial charge in [-0.1, -0.05) is 55.8 Å². The zero-order valence-corrected chi connectivity index (χ0v) is 15.5.